The first-order chi connectivity index (χ1) is 13.0. The standard InChI is InChI=1S/C21H19NO5/c1-3-14-10-21(25)27-19-11-17(7-8-18(14)19)26-12-20(24)22-16-6-4-5-15(9-16)13(2)23/h4-11H,3,12H2,1-2H3,(H,22,24). The van der Waals surface area contributed by atoms with E-state index in [1.54, 1.807) is 42.5 Å². The van der Waals surface area contributed by atoms with Gasteiger partial charge in [-0.25, -0.2) is 4.79 Å². The molecule has 6 nitrogen and oxygen atoms in total. The van der Waals surface area contributed by atoms with Crippen LogP contribution in [0.2, 0.25) is 0 Å². The number of hydrogen-bond acceptors (Lipinski definition) is 5. The molecule has 27 heavy (non-hydrogen) atoms. The van der Waals surface area contributed by atoms with Crippen LogP contribution in [0.25, 0.3) is 11.0 Å². The van der Waals surface area contributed by atoms with Crippen molar-refractivity contribution in [2.24, 2.45) is 0 Å². The zero-order valence-corrected chi connectivity index (χ0v) is 15.1. The van der Waals surface area contributed by atoms with Gasteiger partial charge >= 0.3 is 5.63 Å². The lowest BCUT2D eigenvalue weighted by atomic mass is 10.1. The minimum atomic E-state index is -0.417. The summed E-state index contributed by atoms with van der Waals surface area (Å²) in [5.41, 5.74) is 1.94. The lowest BCUT2D eigenvalue weighted by Crippen LogP contribution is -2.20. The average molecular weight is 365 g/mol. The predicted octanol–water partition coefficient (Wildman–Crippen LogP) is 3.58. The van der Waals surface area contributed by atoms with Crippen LogP contribution in [0.4, 0.5) is 5.69 Å². The molecule has 3 rings (SSSR count). The Morgan fingerprint density at radius 3 is 2.67 bits per heavy atom. The number of Topliss-reactive ketones (excluding diaryl/α,β-unsaturated/α-hetero) is 1. The number of nitrogens with one attached hydrogen (secondary N) is 1. The van der Waals surface area contributed by atoms with Crippen molar-refractivity contribution in [3.8, 4) is 5.75 Å². The van der Waals surface area contributed by atoms with Crippen LogP contribution in [0.3, 0.4) is 0 Å². The van der Waals surface area contributed by atoms with Gasteiger partial charge in [0, 0.05) is 28.8 Å². The third kappa shape index (κ3) is 4.41. The zero-order valence-electron chi connectivity index (χ0n) is 15.1. The quantitative estimate of drug-likeness (QED) is 0.533. The number of hydrogen-bond donors (Lipinski definition) is 1. The largest absolute Gasteiger partial charge is 0.484 e. The second kappa shape index (κ2) is 7.86. The Labute approximate surface area is 155 Å². The second-order valence-electron chi connectivity index (χ2n) is 6.08. The Hall–Kier alpha value is -3.41. The fourth-order valence-electron chi connectivity index (χ4n) is 2.75. The van der Waals surface area contributed by atoms with Crippen LogP contribution in [-0.4, -0.2) is 18.3 Å². The van der Waals surface area contributed by atoms with E-state index in [4.69, 9.17) is 9.15 Å². The molecule has 0 saturated heterocycles. The molecule has 0 radical (unpaired) electrons. The molecule has 138 valence electrons. The summed E-state index contributed by atoms with van der Waals surface area (Å²) in [7, 11) is 0. The topological polar surface area (TPSA) is 85.6 Å². The van der Waals surface area contributed by atoms with Gasteiger partial charge in [0.05, 0.1) is 0 Å². The lowest BCUT2D eigenvalue weighted by molar-refractivity contribution is -0.118. The highest BCUT2D eigenvalue weighted by atomic mass is 16.5. The average Bonchev–Trinajstić information content (AvgIpc) is 2.65. The predicted molar refractivity (Wildman–Crippen MR) is 102 cm³/mol. The number of fused-ring (bicyclic) bond motifs is 1. The summed E-state index contributed by atoms with van der Waals surface area (Å²) in [5.74, 6) is -0.0162. The fraction of sp³-hybridized carbons (Fsp3) is 0.190. The summed E-state index contributed by atoms with van der Waals surface area (Å²) in [5, 5.41) is 3.52. The normalized spacial score (nSPS) is 10.6. The van der Waals surface area contributed by atoms with Gasteiger partial charge in [-0.3, -0.25) is 9.59 Å². The van der Waals surface area contributed by atoms with Crippen molar-refractivity contribution in [1.29, 1.82) is 0 Å². The first-order valence-corrected chi connectivity index (χ1v) is 8.56. The molecule has 0 aliphatic heterocycles. The number of ether oxygens (including phenoxy) is 1. The number of amides is 1. The van der Waals surface area contributed by atoms with Crippen LogP contribution in [-0.2, 0) is 11.2 Å². The molecule has 0 aliphatic carbocycles. The summed E-state index contributed by atoms with van der Waals surface area (Å²) in [6.45, 7) is 3.21. The third-order valence-corrected chi connectivity index (χ3v) is 4.11. The van der Waals surface area contributed by atoms with Gasteiger partial charge in [-0.1, -0.05) is 19.1 Å². The van der Waals surface area contributed by atoms with Crippen molar-refractivity contribution in [2.45, 2.75) is 20.3 Å². The molecule has 0 saturated carbocycles. The smallest absolute Gasteiger partial charge is 0.336 e. The number of carbonyl (C=O) groups is 2. The van der Waals surface area contributed by atoms with Crippen molar-refractivity contribution in [2.75, 3.05) is 11.9 Å². The van der Waals surface area contributed by atoms with E-state index in [-0.39, 0.29) is 18.3 Å². The summed E-state index contributed by atoms with van der Waals surface area (Å²) in [6.07, 6.45) is 0.712. The van der Waals surface area contributed by atoms with E-state index in [1.165, 1.54) is 13.0 Å². The Kier molecular flexibility index (Phi) is 5.35. The van der Waals surface area contributed by atoms with E-state index in [9.17, 15) is 14.4 Å². The van der Waals surface area contributed by atoms with Crippen LogP contribution in [0.1, 0.15) is 29.8 Å². The van der Waals surface area contributed by atoms with Gasteiger partial charge in [-0.2, -0.15) is 0 Å². The fourth-order valence-corrected chi connectivity index (χ4v) is 2.75. The molecule has 0 fully saturated rings. The van der Waals surface area contributed by atoms with Crippen LogP contribution in [0.15, 0.2) is 57.7 Å². The summed E-state index contributed by atoms with van der Waals surface area (Å²) in [6, 6.07) is 13.3. The van der Waals surface area contributed by atoms with Gasteiger partial charge in [0.15, 0.2) is 12.4 Å². The maximum Gasteiger partial charge on any atom is 0.336 e. The van der Waals surface area contributed by atoms with Crippen LogP contribution in [0, 0.1) is 0 Å². The highest BCUT2D eigenvalue weighted by molar-refractivity contribution is 5.97. The lowest BCUT2D eigenvalue weighted by Gasteiger charge is -2.09. The van der Waals surface area contributed by atoms with Crippen molar-refractivity contribution >= 4 is 28.3 Å². The van der Waals surface area contributed by atoms with E-state index in [0.29, 0.717) is 29.0 Å². The Bertz CT molecular complexity index is 1070. The first-order valence-electron chi connectivity index (χ1n) is 8.56. The number of ketones is 1. The molecule has 1 heterocycles. The molecule has 6 heteroatoms. The number of benzene rings is 2. The van der Waals surface area contributed by atoms with Gasteiger partial charge in [-0.15, -0.1) is 0 Å². The Morgan fingerprint density at radius 2 is 1.93 bits per heavy atom. The van der Waals surface area contributed by atoms with E-state index in [1.807, 2.05) is 6.92 Å². The third-order valence-electron chi connectivity index (χ3n) is 4.11. The first kappa shape index (κ1) is 18.4. The van der Waals surface area contributed by atoms with Crippen LogP contribution >= 0.6 is 0 Å². The van der Waals surface area contributed by atoms with Gasteiger partial charge < -0.3 is 14.5 Å². The van der Waals surface area contributed by atoms with Gasteiger partial charge in [0.1, 0.15) is 11.3 Å². The van der Waals surface area contributed by atoms with E-state index in [0.717, 1.165) is 10.9 Å². The molecule has 0 bridgehead atoms. The second-order valence-corrected chi connectivity index (χ2v) is 6.08. The molecule has 1 amide bonds. The summed E-state index contributed by atoms with van der Waals surface area (Å²) < 4.78 is 10.7. The van der Waals surface area contributed by atoms with Crippen LogP contribution < -0.4 is 15.7 Å². The molecule has 0 spiro atoms. The van der Waals surface area contributed by atoms with Gasteiger partial charge in [0.2, 0.25) is 0 Å². The minimum Gasteiger partial charge on any atom is -0.484 e. The molecule has 3 aromatic rings. The number of aryl methyl sites for hydroxylation is 1. The minimum absolute atomic E-state index is 0.0774. The summed E-state index contributed by atoms with van der Waals surface area (Å²) in [4.78, 5) is 35.1. The SMILES string of the molecule is CCc1cc(=O)oc2cc(OCC(=O)Nc3cccc(C(C)=O)c3)ccc12. The van der Waals surface area contributed by atoms with E-state index in [2.05, 4.69) is 5.32 Å². The van der Waals surface area contributed by atoms with E-state index < -0.39 is 5.63 Å². The Balaban J connectivity index is 1.69. The van der Waals surface area contributed by atoms with Crippen LogP contribution in [0.5, 0.6) is 5.75 Å². The number of rotatable bonds is 6. The molecule has 2 aromatic carbocycles. The molecule has 1 N–H and O–H groups in total. The molecular formula is C21H19NO5. The number of carbonyl (C=O) groups excluding carboxylic acids is 2. The Morgan fingerprint density at radius 1 is 1.11 bits per heavy atom. The van der Waals surface area contributed by atoms with E-state index >= 15 is 0 Å². The maximum atomic E-state index is 12.1. The highest BCUT2D eigenvalue weighted by Crippen LogP contribution is 2.23. The number of anilines is 1. The van der Waals surface area contributed by atoms with Crippen molar-refractivity contribution in [1.82, 2.24) is 0 Å². The van der Waals surface area contributed by atoms with Crippen molar-refractivity contribution in [3.63, 3.8) is 0 Å². The van der Waals surface area contributed by atoms with Crippen molar-refractivity contribution < 1.29 is 18.7 Å². The van der Waals surface area contributed by atoms with Gasteiger partial charge in [-0.05, 0) is 43.2 Å². The zero-order chi connectivity index (χ0) is 19.4. The highest BCUT2D eigenvalue weighted by Gasteiger charge is 2.09. The molecule has 1 aromatic heterocycles. The van der Waals surface area contributed by atoms with Crippen molar-refractivity contribution in [3.05, 3.63) is 70.1 Å². The van der Waals surface area contributed by atoms with Gasteiger partial charge in [0.25, 0.3) is 5.91 Å². The molecular weight excluding hydrogens is 346 g/mol. The molecule has 0 unspecified atom stereocenters. The summed E-state index contributed by atoms with van der Waals surface area (Å²) >= 11 is 0. The molecule has 0 atom stereocenters. The molecule has 0 aliphatic rings. The maximum absolute atomic E-state index is 12.1. The monoisotopic (exact) mass is 365 g/mol.